The summed E-state index contributed by atoms with van der Waals surface area (Å²) in [6.07, 6.45) is 0. The minimum absolute atomic E-state index is 0.289. The van der Waals surface area contributed by atoms with Crippen LogP contribution in [0.1, 0.15) is 28.3 Å². The van der Waals surface area contributed by atoms with Crippen molar-refractivity contribution in [2.24, 2.45) is 0 Å². The minimum Gasteiger partial charge on any atom is -0.632 e. The summed E-state index contributed by atoms with van der Waals surface area (Å²) >= 11 is 6.08. The van der Waals surface area contributed by atoms with Gasteiger partial charge in [-0.1, -0.05) is 83.9 Å². The lowest BCUT2D eigenvalue weighted by Crippen LogP contribution is -2.63. The Hall–Kier alpha value is -2.21. The van der Waals surface area contributed by atoms with Crippen LogP contribution in [0.5, 0.6) is 0 Å². The molecular formula is C25H27ClN2O2. The van der Waals surface area contributed by atoms with Crippen LogP contribution in [0.15, 0.2) is 78.9 Å². The molecule has 0 bridgehead atoms. The number of hydroxylamine groups is 6. The molecule has 1 saturated heterocycles. The van der Waals surface area contributed by atoms with Crippen LogP contribution in [0.2, 0.25) is 5.02 Å². The average molecular weight is 423 g/mol. The van der Waals surface area contributed by atoms with E-state index in [1.54, 1.807) is 0 Å². The number of quaternary nitrogens is 2. The molecule has 0 aromatic heterocycles. The molecule has 1 fully saturated rings. The van der Waals surface area contributed by atoms with Crippen molar-refractivity contribution in [2.75, 3.05) is 26.2 Å². The van der Waals surface area contributed by atoms with Crippen LogP contribution in [0, 0.1) is 17.3 Å². The largest absolute Gasteiger partial charge is 0.632 e. The Labute approximate surface area is 183 Å². The van der Waals surface area contributed by atoms with Gasteiger partial charge in [-0.05, 0) is 19.1 Å². The van der Waals surface area contributed by atoms with Crippen molar-refractivity contribution in [3.05, 3.63) is 117 Å². The number of benzene rings is 3. The van der Waals surface area contributed by atoms with Gasteiger partial charge < -0.3 is 19.7 Å². The van der Waals surface area contributed by atoms with Crippen molar-refractivity contribution in [2.45, 2.75) is 19.5 Å². The molecule has 1 aliphatic rings. The van der Waals surface area contributed by atoms with Gasteiger partial charge in [-0.25, -0.2) is 0 Å². The van der Waals surface area contributed by atoms with Crippen LogP contribution in [-0.4, -0.2) is 35.5 Å². The molecule has 1 atom stereocenters. The van der Waals surface area contributed by atoms with Crippen molar-refractivity contribution in [1.29, 1.82) is 0 Å². The van der Waals surface area contributed by atoms with E-state index in [1.165, 1.54) is 0 Å². The highest BCUT2D eigenvalue weighted by Crippen LogP contribution is 2.37. The minimum atomic E-state index is -0.415. The molecular weight excluding hydrogens is 396 g/mol. The molecule has 0 saturated carbocycles. The van der Waals surface area contributed by atoms with E-state index in [-0.39, 0.29) is 23.8 Å². The number of hydrogen-bond acceptors (Lipinski definition) is 2. The number of piperazine rings is 1. The smallest absolute Gasteiger partial charge is 0.140 e. The number of hydrogen-bond donors (Lipinski definition) is 0. The first-order valence-corrected chi connectivity index (χ1v) is 10.8. The topological polar surface area (TPSA) is 46.1 Å². The zero-order valence-corrected chi connectivity index (χ0v) is 18.0. The SMILES string of the molecule is Cc1cccc(C[N+]2([O-])CC[N+]([O-])([C@@H](c3ccccc3)c3ccc(Cl)cc3)CC2)c1. The normalized spacial score (nSPS) is 25.1. The van der Waals surface area contributed by atoms with Gasteiger partial charge in [-0.2, -0.15) is 0 Å². The van der Waals surface area contributed by atoms with Crippen LogP contribution in [0.3, 0.4) is 0 Å². The van der Waals surface area contributed by atoms with Crippen molar-refractivity contribution in [3.63, 3.8) is 0 Å². The quantitative estimate of drug-likeness (QED) is 0.398. The van der Waals surface area contributed by atoms with Crippen molar-refractivity contribution >= 4 is 11.6 Å². The molecule has 0 unspecified atom stereocenters. The second-order valence-corrected chi connectivity index (χ2v) is 8.85. The van der Waals surface area contributed by atoms with Gasteiger partial charge in [0.05, 0.1) is 0 Å². The van der Waals surface area contributed by atoms with Gasteiger partial charge in [0.2, 0.25) is 0 Å². The Morgan fingerprint density at radius 3 is 2.07 bits per heavy atom. The Balaban J connectivity index is 1.59. The molecule has 5 heteroatoms. The van der Waals surface area contributed by atoms with E-state index in [4.69, 9.17) is 11.6 Å². The van der Waals surface area contributed by atoms with E-state index in [9.17, 15) is 10.4 Å². The third-order valence-corrected chi connectivity index (χ3v) is 6.35. The lowest BCUT2D eigenvalue weighted by molar-refractivity contribution is -1.01. The van der Waals surface area contributed by atoms with E-state index in [0.717, 1.165) is 22.3 Å². The molecule has 3 aromatic carbocycles. The van der Waals surface area contributed by atoms with E-state index in [0.29, 0.717) is 24.7 Å². The van der Waals surface area contributed by atoms with Crippen LogP contribution in [0.4, 0.5) is 0 Å². The number of rotatable bonds is 5. The third-order valence-electron chi connectivity index (χ3n) is 6.10. The highest BCUT2D eigenvalue weighted by atomic mass is 35.5. The molecule has 4 nitrogen and oxygen atoms in total. The summed E-state index contributed by atoms with van der Waals surface area (Å²) in [6, 6.07) is 25.1. The van der Waals surface area contributed by atoms with Gasteiger partial charge in [0, 0.05) is 21.7 Å². The van der Waals surface area contributed by atoms with E-state index >= 15 is 0 Å². The molecule has 0 radical (unpaired) electrons. The number of nitrogens with zero attached hydrogens (tertiary/aromatic N) is 2. The van der Waals surface area contributed by atoms with E-state index in [2.05, 4.69) is 6.07 Å². The number of aryl methyl sites for hydroxylation is 1. The summed E-state index contributed by atoms with van der Waals surface area (Å²) in [5.41, 5.74) is 4.09. The summed E-state index contributed by atoms with van der Waals surface area (Å²) in [5.74, 6) is 0. The van der Waals surface area contributed by atoms with Crippen molar-refractivity contribution in [3.8, 4) is 0 Å². The summed E-state index contributed by atoms with van der Waals surface area (Å²) in [7, 11) is 0. The van der Waals surface area contributed by atoms with Crippen LogP contribution < -0.4 is 0 Å². The monoisotopic (exact) mass is 422 g/mol. The zero-order chi connectivity index (χ0) is 21.2. The molecule has 0 aliphatic carbocycles. The van der Waals surface area contributed by atoms with Crippen molar-refractivity contribution in [1.82, 2.24) is 0 Å². The fourth-order valence-corrected chi connectivity index (χ4v) is 4.63. The summed E-state index contributed by atoms with van der Waals surface area (Å²) < 4.78 is -0.754. The van der Waals surface area contributed by atoms with Gasteiger partial charge in [0.15, 0.2) is 0 Å². The van der Waals surface area contributed by atoms with Gasteiger partial charge in [0.1, 0.15) is 38.8 Å². The predicted octanol–water partition coefficient (Wildman–Crippen LogP) is 5.58. The lowest BCUT2D eigenvalue weighted by Gasteiger charge is -2.57. The molecule has 30 heavy (non-hydrogen) atoms. The van der Waals surface area contributed by atoms with Crippen LogP contribution in [0.25, 0.3) is 0 Å². The average Bonchev–Trinajstić information content (AvgIpc) is 2.73. The van der Waals surface area contributed by atoms with E-state index in [1.807, 2.05) is 79.7 Å². The molecule has 0 amide bonds. The highest BCUT2D eigenvalue weighted by molar-refractivity contribution is 6.30. The summed E-state index contributed by atoms with van der Waals surface area (Å²) in [6.45, 7) is 3.65. The fraction of sp³-hybridized carbons (Fsp3) is 0.280. The van der Waals surface area contributed by atoms with Gasteiger partial charge in [-0.3, -0.25) is 0 Å². The Morgan fingerprint density at radius 1 is 0.800 bits per heavy atom. The molecule has 1 aliphatic heterocycles. The standard InChI is InChI=1S/C25H27ClN2O2/c1-20-6-5-7-21(18-20)19-27(29)14-16-28(30,17-15-27)25(22-8-3-2-4-9-22)23-10-12-24(26)13-11-23/h2-13,18,25H,14-17,19H2,1H3/t25-,27?,28?/m0/s1. The molecule has 1 heterocycles. The first-order valence-electron chi connectivity index (χ1n) is 10.4. The first-order chi connectivity index (χ1) is 14.4. The molecule has 3 aromatic rings. The summed E-state index contributed by atoms with van der Waals surface area (Å²) in [4.78, 5) is 0. The second-order valence-electron chi connectivity index (χ2n) is 8.42. The van der Waals surface area contributed by atoms with Gasteiger partial charge >= 0.3 is 0 Å². The molecule has 0 spiro atoms. The molecule has 156 valence electrons. The molecule has 0 N–H and O–H groups in total. The maximum absolute atomic E-state index is 14.1. The van der Waals surface area contributed by atoms with Gasteiger partial charge in [-0.15, -0.1) is 0 Å². The third kappa shape index (κ3) is 4.59. The zero-order valence-electron chi connectivity index (χ0n) is 17.2. The maximum Gasteiger partial charge on any atom is 0.140 e. The second kappa shape index (κ2) is 8.50. The van der Waals surface area contributed by atoms with E-state index < -0.39 is 4.65 Å². The predicted molar refractivity (Wildman–Crippen MR) is 121 cm³/mol. The Bertz CT molecular complexity index is 984. The van der Waals surface area contributed by atoms with Gasteiger partial charge in [0.25, 0.3) is 0 Å². The molecule has 4 rings (SSSR count). The fourth-order valence-electron chi connectivity index (χ4n) is 4.50. The Morgan fingerprint density at radius 2 is 1.43 bits per heavy atom. The van der Waals surface area contributed by atoms with Crippen molar-refractivity contribution < 1.29 is 9.29 Å². The maximum atomic E-state index is 14.1. The lowest BCUT2D eigenvalue weighted by atomic mass is 9.95. The summed E-state index contributed by atoms with van der Waals surface area (Å²) in [5, 5.41) is 28.1. The number of halogens is 1. The Kier molecular flexibility index (Phi) is 5.96. The van der Waals surface area contributed by atoms with Crippen LogP contribution in [-0.2, 0) is 6.54 Å². The highest BCUT2D eigenvalue weighted by Gasteiger charge is 2.39. The van der Waals surface area contributed by atoms with Crippen LogP contribution >= 0.6 is 11.6 Å². The first kappa shape index (κ1) is 21.0.